The molecule has 0 saturated heterocycles. The van der Waals surface area contributed by atoms with Crippen LogP contribution >= 0.6 is 23.2 Å². The van der Waals surface area contributed by atoms with Crippen molar-refractivity contribution in [2.75, 3.05) is 17.4 Å². The van der Waals surface area contributed by atoms with E-state index in [1.165, 1.54) is 17.0 Å². The number of sulfonamides is 1. The van der Waals surface area contributed by atoms with Crippen LogP contribution in [0.2, 0.25) is 10.0 Å². The fourth-order valence-corrected chi connectivity index (χ4v) is 7.10. The number of amides is 2. The summed E-state index contributed by atoms with van der Waals surface area (Å²) in [4.78, 5) is 29.9. The van der Waals surface area contributed by atoms with E-state index in [0.29, 0.717) is 34.3 Å². The zero-order chi connectivity index (χ0) is 34.1. The highest BCUT2D eigenvalue weighted by atomic mass is 35.5. The van der Waals surface area contributed by atoms with Crippen molar-refractivity contribution in [3.8, 4) is 0 Å². The second-order valence-electron chi connectivity index (χ2n) is 11.8. The van der Waals surface area contributed by atoms with Crippen molar-refractivity contribution >= 4 is 50.7 Å². The summed E-state index contributed by atoms with van der Waals surface area (Å²) in [7, 11) is -4.21. The molecule has 0 saturated carbocycles. The number of carbonyl (C=O) groups excluding carboxylic acids is 2. The minimum absolute atomic E-state index is 0.0473. The Labute approximate surface area is 288 Å². The zero-order valence-electron chi connectivity index (χ0n) is 27.1. The van der Waals surface area contributed by atoms with Gasteiger partial charge in [-0.05, 0) is 66.8 Å². The fourth-order valence-electron chi connectivity index (χ4n) is 5.17. The highest BCUT2D eigenvalue weighted by Crippen LogP contribution is 2.30. The van der Waals surface area contributed by atoms with Gasteiger partial charge in [-0.3, -0.25) is 13.9 Å². The van der Waals surface area contributed by atoms with Crippen molar-refractivity contribution in [2.45, 2.75) is 63.9 Å². The van der Waals surface area contributed by atoms with E-state index in [2.05, 4.69) is 5.32 Å². The first-order valence-electron chi connectivity index (χ1n) is 15.7. The maximum Gasteiger partial charge on any atom is 0.264 e. The van der Waals surface area contributed by atoms with E-state index in [0.717, 1.165) is 21.0 Å². The summed E-state index contributed by atoms with van der Waals surface area (Å²) in [5, 5.41) is 3.60. The van der Waals surface area contributed by atoms with E-state index >= 15 is 0 Å². The summed E-state index contributed by atoms with van der Waals surface area (Å²) in [5.74, 6) is -0.720. The second kappa shape index (κ2) is 16.3. The molecule has 0 aromatic heterocycles. The molecule has 248 valence electrons. The van der Waals surface area contributed by atoms with Gasteiger partial charge in [0.05, 0.1) is 10.6 Å². The Kier molecular flexibility index (Phi) is 12.5. The van der Waals surface area contributed by atoms with Gasteiger partial charge in [-0.15, -0.1) is 0 Å². The minimum atomic E-state index is -4.21. The fraction of sp³-hybridized carbons (Fsp3) is 0.297. The van der Waals surface area contributed by atoms with Crippen LogP contribution in [-0.4, -0.2) is 44.3 Å². The highest BCUT2D eigenvalue weighted by molar-refractivity contribution is 7.92. The van der Waals surface area contributed by atoms with Crippen LogP contribution < -0.4 is 9.62 Å². The lowest BCUT2D eigenvalue weighted by Crippen LogP contribution is -2.53. The van der Waals surface area contributed by atoms with Gasteiger partial charge in [0.15, 0.2) is 0 Å². The van der Waals surface area contributed by atoms with Gasteiger partial charge in [0, 0.05) is 35.1 Å². The molecule has 0 radical (unpaired) electrons. The van der Waals surface area contributed by atoms with Crippen LogP contribution in [0.15, 0.2) is 102 Å². The molecule has 1 N–H and O–H groups in total. The summed E-state index contributed by atoms with van der Waals surface area (Å²) in [6, 6.07) is 27.0. The van der Waals surface area contributed by atoms with Crippen LogP contribution in [0.4, 0.5) is 5.69 Å². The Balaban J connectivity index is 1.84. The van der Waals surface area contributed by atoms with Crippen LogP contribution in [0.3, 0.4) is 0 Å². The molecule has 0 aliphatic heterocycles. The lowest BCUT2D eigenvalue weighted by molar-refractivity contribution is -0.140. The molecule has 0 aliphatic carbocycles. The average molecular weight is 695 g/mol. The molecule has 7 nitrogen and oxygen atoms in total. The van der Waals surface area contributed by atoms with Crippen LogP contribution in [0.1, 0.15) is 55.4 Å². The molecule has 4 rings (SSSR count). The maximum absolute atomic E-state index is 14.6. The number of rotatable bonds is 14. The van der Waals surface area contributed by atoms with E-state index in [-0.39, 0.29) is 29.7 Å². The van der Waals surface area contributed by atoms with Gasteiger partial charge >= 0.3 is 0 Å². The highest BCUT2D eigenvalue weighted by Gasteiger charge is 2.35. The third kappa shape index (κ3) is 9.15. The van der Waals surface area contributed by atoms with Crippen LogP contribution in [0.25, 0.3) is 0 Å². The van der Waals surface area contributed by atoms with Gasteiger partial charge < -0.3 is 10.2 Å². The normalized spacial score (nSPS) is 12.1. The van der Waals surface area contributed by atoms with Crippen LogP contribution in [-0.2, 0) is 32.6 Å². The smallest absolute Gasteiger partial charge is 0.264 e. The van der Waals surface area contributed by atoms with Crippen LogP contribution in [0, 0.1) is 6.92 Å². The molecular weight excluding hydrogens is 653 g/mol. The summed E-state index contributed by atoms with van der Waals surface area (Å²) in [5.41, 5.74) is 3.55. The summed E-state index contributed by atoms with van der Waals surface area (Å²) in [6.07, 6.45) is 0.890. The first-order chi connectivity index (χ1) is 22.4. The van der Waals surface area contributed by atoms with Crippen molar-refractivity contribution in [2.24, 2.45) is 0 Å². The van der Waals surface area contributed by atoms with Gasteiger partial charge in [-0.1, -0.05) is 110 Å². The van der Waals surface area contributed by atoms with E-state index in [1.54, 1.807) is 42.5 Å². The Morgan fingerprint density at radius 3 is 2.02 bits per heavy atom. The lowest BCUT2D eigenvalue weighted by Gasteiger charge is -2.34. The van der Waals surface area contributed by atoms with E-state index in [4.69, 9.17) is 23.2 Å². The number of anilines is 1. The summed E-state index contributed by atoms with van der Waals surface area (Å²) >= 11 is 13.2. The number of carbonyl (C=O) groups is 2. The zero-order valence-corrected chi connectivity index (χ0v) is 29.4. The molecule has 0 fully saturated rings. The third-order valence-electron chi connectivity index (χ3n) is 7.95. The third-order valence-corrected chi connectivity index (χ3v) is 10.4. The topological polar surface area (TPSA) is 86.8 Å². The molecule has 0 heterocycles. The number of nitrogens with zero attached hydrogens (tertiary/aromatic N) is 2. The first-order valence-corrected chi connectivity index (χ1v) is 17.8. The van der Waals surface area contributed by atoms with E-state index in [1.807, 2.05) is 70.2 Å². The molecule has 0 aliphatic rings. The average Bonchev–Trinajstić information content (AvgIpc) is 3.05. The largest absolute Gasteiger partial charge is 0.354 e. The standard InChI is InChI=1S/C37H41Cl2N3O4S/c1-5-22-40-37(44)35(23-28-10-7-6-8-11-28)41(24-32-33(38)12-9-13-34(32)39)36(43)25-42(30-18-16-29(17-19-30)26(2)3)47(45,46)31-20-14-27(4)15-21-31/h6-21,26,35H,5,22-25H2,1-4H3,(H,40,44). The van der Waals surface area contributed by atoms with Gasteiger partial charge in [0.25, 0.3) is 10.0 Å². The quantitative estimate of drug-likeness (QED) is 0.146. The first kappa shape index (κ1) is 36.0. The molecular formula is C37H41Cl2N3O4S. The Bertz CT molecular complexity index is 1740. The van der Waals surface area contributed by atoms with E-state index < -0.39 is 28.5 Å². The maximum atomic E-state index is 14.6. The summed E-state index contributed by atoms with van der Waals surface area (Å²) in [6.45, 7) is 7.65. The minimum Gasteiger partial charge on any atom is -0.354 e. The van der Waals surface area contributed by atoms with Crippen molar-refractivity contribution in [1.29, 1.82) is 0 Å². The Morgan fingerprint density at radius 2 is 1.45 bits per heavy atom. The number of hydrogen-bond donors (Lipinski definition) is 1. The number of nitrogens with one attached hydrogen (secondary N) is 1. The molecule has 47 heavy (non-hydrogen) atoms. The van der Waals surface area contributed by atoms with Gasteiger partial charge in [0.2, 0.25) is 11.8 Å². The number of benzene rings is 4. The predicted octanol–water partition coefficient (Wildman–Crippen LogP) is 7.79. The molecule has 0 bridgehead atoms. The van der Waals surface area contributed by atoms with Gasteiger partial charge in [0.1, 0.15) is 12.6 Å². The second-order valence-corrected chi connectivity index (χ2v) is 14.5. The Hall–Kier alpha value is -3.85. The molecule has 4 aromatic carbocycles. The lowest BCUT2D eigenvalue weighted by atomic mass is 10.0. The number of hydrogen-bond acceptors (Lipinski definition) is 4. The SMILES string of the molecule is CCCNC(=O)C(Cc1ccccc1)N(Cc1c(Cl)cccc1Cl)C(=O)CN(c1ccc(C(C)C)cc1)S(=O)(=O)c1ccc(C)cc1. The molecule has 1 atom stereocenters. The Morgan fingerprint density at radius 1 is 0.830 bits per heavy atom. The molecule has 4 aromatic rings. The van der Waals surface area contributed by atoms with Crippen molar-refractivity contribution < 1.29 is 18.0 Å². The predicted molar refractivity (Wildman–Crippen MR) is 190 cm³/mol. The molecule has 1 unspecified atom stereocenters. The van der Waals surface area contributed by atoms with Crippen LogP contribution in [0.5, 0.6) is 0 Å². The molecule has 0 spiro atoms. The number of aryl methyl sites for hydroxylation is 1. The number of halogens is 2. The van der Waals surface area contributed by atoms with Crippen molar-refractivity contribution in [3.05, 3.63) is 129 Å². The molecule has 2 amide bonds. The molecule has 10 heteroatoms. The van der Waals surface area contributed by atoms with E-state index in [9.17, 15) is 18.0 Å². The van der Waals surface area contributed by atoms with Crippen molar-refractivity contribution in [3.63, 3.8) is 0 Å². The monoisotopic (exact) mass is 693 g/mol. The summed E-state index contributed by atoms with van der Waals surface area (Å²) < 4.78 is 29.6. The van der Waals surface area contributed by atoms with Gasteiger partial charge in [-0.2, -0.15) is 0 Å². The van der Waals surface area contributed by atoms with Gasteiger partial charge in [-0.25, -0.2) is 8.42 Å². The van der Waals surface area contributed by atoms with Crippen molar-refractivity contribution in [1.82, 2.24) is 10.2 Å².